The Morgan fingerprint density at radius 2 is 1.87 bits per heavy atom. The Kier molecular flexibility index (Phi) is 2.08. The third-order valence-corrected chi connectivity index (χ3v) is 2.66. The Balaban J connectivity index is 2.50. The van der Waals surface area contributed by atoms with E-state index in [-0.39, 0.29) is 11.4 Å². The molecule has 1 N–H and O–H groups in total. The molecule has 1 aromatic carbocycles. The Morgan fingerprint density at radius 1 is 1.27 bits per heavy atom. The van der Waals surface area contributed by atoms with E-state index in [1.165, 1.54) is 4.90 Å². The van der Waals surface area contributed by atoms with E-state index in [9.17, 15) is 9.90 Å². The molecular weight excluding hydrogens is 190 g/mol. The second-order valence-electron chi connectivity index (χ2n) is 4.81. The molecular formula is C12H15NO2. The molecule has 0 radical (unpaired) electrons. The fourth-order valence-electron chi connectivity index (χ4n) is 1.97. The number of aliphatic hydroxyl groups is 1. The van der Waals surface area contributed by atoms with Gasteiger partial charge in [-0.25, -0.2) is 0 Å². The van der Waals surface area contributed by atoms with E-state index < -0.39 is 6.23 Å². The van der Waals surface area contributed by atoms with E-state index >= 15 is 0 Å². The number of nitrogens with zero attached hydrogens (tertiary/aromatic N) is 1. The summed E-state index contributed by atoms with van der Waals surface area (Å²) in [5.74, 6) is -0.0920. The molecule has 1 amide bonds. The van der Waals surface area contributed by atoms with Crippen LogP contribution < -0.4 is 0 Å². The summed E-state index contributed by atoms with van der Waals surface area (Å²) in [6.07, 6.45) is -0.811. The topological polar surface area (TPSA) is 40.5 Å². The van der Waals surface area contributed by atoms with Gasteiger partial charge in [-0.05, 0) is 26.8 Å². The van der Waals surface area contributed by atoms with E-state index in [2.05, 4.69) is 0 Å². The Morgan fingerprint density at radius 3 is 2.40 bits per heavy atom. The minimum atomic E-state index is -0.811. The molecule has 0 saturated carbocycles. The van der Waals surface area contributed by atoms with Crippen molar-refractivity contribution in [3.63, 3.8) is 0 Å². The number of fused-ring (bicyclic) bond motifs is 1. The monoisotopic (exact) mass is 205 g/mol. The predicted octanol–water partition coefficient (Wildman–Crippen LogP) is 1.93. The van der Waals surface area contributed by atoms with E-state index in [1.807, 2.05) is 32.9 Å². The zero-order valence-corrected chi connectivity index (χ0v) is 9.19. The average Bonchev–Trinajstić information content (AvgIpc) is 2.39. The van der Waals surface area contributed by atoms with Crippen molar-refractivity contribution in [1.29, 1.82) is 0 Å². The van der Waals surface area contributed by atoms with E-state index in [0.717, 1.165) is 0 Å². The fourth-order valence-corrected chi connectivity index (χ4v) is 1.97. The molecule has 15 heavy (non-hydrogen) atoms. The molecule has 3 heteroatoms. The Hall–Kier alpha value is -1.35. The van der Waals surface area contributed by atoms with Crippen molar-refractivity contribution in [3.05, 3.63) is 35.4 Å². The van der Waals surface area contributed by atoms with Crippen LogP contribution in [0.1, 0.15) is 42.9 Å². The maximum Gasteiger partial charge on any atom is 0.257 e. The average molecular weight is 205 g/mol. The van der Waals surface area contributed by atoms with Gasteiger partial charge in [-0.2, -0.15) is 0 Å². The largest absolute Gasteiger partial charge is 0.369 e. The second kappa shape index (κ2) is 3.07. The minimum Gasteiger partial charge on any atom is -0.369 e. The summed E-state index contributed by atoms with van der Waals surface area (Å²) in [7, 11) is 0. The number of carbonyl (C=O) groups excluding carboxylic acids is 1. The van der Waals surface area contributed by atoms with Gasteiger partial charge in [0.15, 0.2) is 6.23 Å². The van der Waals surface area contributed by atoms with Gasteiger partial charge in [-0.3, -0.25) is 4.79 Å². The highest BCUT2D eigenvalue weighted by molar-refractivity contribution is 5.99. The zero-order chi connectivity index (χ0) is 11.2. The third kappa shape index (κ3) is 1.43. The summed E-state index contributed by atoms with van der Waals surface area (Å²) in [6.45, 7) is 5.75. The van der Waals surface area contributed by atoms with Crippen LogP contribution in [0.15, 0.2) is 24.3 Å². The first-order valence-electron chi connectivity index (χ1n) is 5.03. The highest BCUT2D eigenvalue weighted by Crippen LogP contribution is 2.36. The summed E-state index contributed by atoms with van der Waals surface area (Å²) in [5, 5.41) is 10.1. The standard InChI is InChI=1S/C12H15NO2/c1-12(2,3)13-10(14)8-6-4-5-7-9(8)11(13)15/h4-7,10,14H,1-3H3. The first-order chi connectivity index (χ1) is 6.93. The number of benzene rings is 1. The van der Waals surface area contributed by atoms with Crippen LogP contribution >= 0.6 is 0 Å². The van der Waals surface area contributed by atoms with Crippen molar-refractivity contribution in [2.75, 3.05) is 0 Å². The van der Waals surface area contributed by atoms with Crippen LogP contribution in [0.3, 0.4) is 0 Å². The maximum atomic E-state index is 12.0. The molecule has 1 heterocycles. The van der Waals surface area contributed by atoms with Gasteiger partial charge in [0.1, 0.15) is 0 Å². The summed E-state index contributed by atoms with van der Waals surface area (Å²) in [4.78, 5) is 13.5. The van der Waals surface area contributed by atoms with Crippen LogP contribution in [0.5, 0.6) is 0 Å². The fraction of sp³-hybridized carbons (Fsp3) is 0.417. The van der Waals surface area contributed by atoms with E-state index in [4.69, 9.17) is 0 Å². The maximum absolute atomic E-state index is 12.0. The lowest BCUT2D eigenvalue weighted by Crippen LogP contribution is -2.43. The SMILES string of the molecule is CC(C)(C)N1C(=O)c2ccccc2C1O. The number of amides is 1. The highest BCUT2D eigenvalue weighted by atomic mass is 16.3. The summed E-state index contributed by atoms with van der Waals surface area (Å²) in [6, 6.07) is 7.20. The van der Waals surface area contributed by atoms with Gasteiger partial charge in [0, 0.05) is 16.7 Å². The molecule has 1 unspecified atom stereocenters. The van der Waals surface area contributed by atoms with Crippen LogP contribution in [0.4, 0.5) is 0 Å². The van der Waals surface area contributed by atoms with Crippen molar-refractivity contribution in [2.45, 2.75) is 32.5 Å². The summed E-state index contributed by atoms with van der Waals surface area (Å²) < 4.78 is 0. The summed E-state index contributed by atoms with van der Waals surface area (Å²) >= 11 is 0. The van der Waals surface area contributed by atoms with Crippen molar-refractivity contribution in [1.82, 2.24) is 4.90 Å². The van der Waals surface area contributed by atoms with Crippen molar-refractivity contribution in [2.24, 2.45) is 0 Å². The Labute approximate surface area is 89.3 Å². The van der Waals surface area contributed by atoms with Gasteiger partial charge in [0.05, 0.1) is 0 Å². The minimum absolute atomic E-state index is 0.0920. The van der Waals surface area contributed by atoms with Crippen LogP contribution in [-0.2, 0) is 0 Å². The van der Waals surface area contributed by atoms with Gasteiger partial charge in [-0.1, -0.05) is 18.2 Å². The molecule has 2 rings (SSSR count). The van der Waals surface area contributed by atoms with Crippen molar-refractivity contribution in [3.8, 4) is 0 Å². The molecule has 3 nitrogen and oxygen atoms in total. The molecule has 0 aromatic heterocycles. The lowest BCUT2D eigenvalue weighted by atomic mass is 10.1. The van der Waals surface area contributed by atoms with E-state index in [0.29, 0.717) is 11.1 Å². The van der Waals surface area contributed by atoms with Crippen molar-refractivity contribution >= 4 is 5.91 Å². The van der Waals surface area contributed by atoms with Crippen LogP contribution in [0.2, 0.25) is 0 Å². The van der Waals surface area contributed by atoms with Crippen LogP contribution in [-0.4, -0.2) is 21.5 Å². The molecule has 80 valence electrons. The number of rotatable bonds is 0. The Bertz CT molecular complexity index is 406. The van der Waals surface area contributed by atoms with Gasteiger partial charge in [0.25, 0.3) is 5.91 Å². The first kappa shape index (κ1) is 10.2. The zero-order valence-electron chi connectivity index (χ0n) is 9.19. The molecule has 0 saturated heterocycles. The van der Waals surface area contributed by atoms with E-state index in [1.54, 1.807) is 12.1 Å². The number of aliphatic hydroxyl groups excluding tert-OH is 1. The number of hydrogen-bond donors (Lipinski definition) is 1. The predicted molar refractivity (Wildman–Crippen MR) is 57.3 cm³/mol. The molecule has 1 aliphatic rings. The molecule has 1 atom stereocenters. The molecule has 0 spiro atoms. The lowest BCUT2D eigenvalue weighted by Gasteiger charge is -2.34. The molecule has 1 aromatic rings. The first-order valence-corrected chi connectivity index (χ1v) is 5.03. The highest BCUT2D eigenvalue weighted by Gasteiger charge is 2.41. The quantitative estimate of drug-likeness (QED) is 0.703. The van der Waals surface area contributed by atoms with Gasteiger partial charge >= 0.3 is 0 Å². The van der Waals surface area contributed by atoms with Gasteiger partial charge in [0.2, 0.25) is 0 Å². The van der Waals surface area contributed by atoms with Crippen LogP contribution in [0, 0.1) is 0 Å². The third-order valence-electron chi connectivity index (χ3n) is 2.66. The normalized spacial score (nSPS) is 20.7. The summed E-state index contributed by atoms with van der Waals surface area (Å²) in [5.41, 5.74) is 0.951. The number of carbonyl (C=O) groups is 1. The lowest BCUT2D eigenvalue weighted by molar-refractivity contribution is -0.0228. The molecule has 0 bridgehead atoms. The number of hydrogen-bond acceptors (Lipinski definition) is 2. The van der Waals surface area contributed by atoms with Gasteiger partial charge < -0.3 is 10.0 Å². The second-order valence-corrected chi connectivity index (χ2v) is 4.81. The van der Waals surface area contributed by atoms with Crippen LogP contribution in [0.25, 0.3) is 0 Å². The molecule has 0 fully saturated rings. The smallest absolute Gasteiger partial charge is 0.257 e. The molecule has 0 aliphatic carbocycles. The molecule has 1 aliphatic heterocycles. The van der Waals surface area contributed by atoms with Gasteiger partial charge in [-0.15, -0.1) is 0 Å². The van der Waals surface area contributed by atoms with Crippen molar-refractivity contribution < 1.29 is 9.90 Å².